The minimum Gasteiger partial charge on any atom is -0.394 e. The molecule has 6 nitrogen and oxygen atoms in total. The molecule has 3 N–H and O–H groups in total. The molecule has 96 valence electrons. The normalized spacial score (nSPS) is 11.6. The number of halogens is 1. The van der Waals surface area contributed by atoms with Crippen molar-refractivity contribution in [1.29, 1.82) is 0 Å². The molecule has 0 saturated carbocycles. The van der Waals surface area contributed by atoms with Gasteiger partial charge in [-0.2, -0.15) is 0 Å². The molecule has 0 aliphatic rings. The van der Waals surface area contributed by atoms with Gasteiger partial charge in [-0.1, -0.05) is 11.6 Å². The van der Waals surface area contributed by atoms with Crippen molar-refractivity contribution >= 4 is 17.4 Å². The van der Waals surface area contributed by atoms with Gasteiger partial charge in [-0.05, 0) is 6.92 Å². The van der Waals surface area contributed by atoms with Crippen LogP contribution in [0.3, 0.4) is 0 Å². The van der Waals surface area contributed by atoms with Crippen molar-refractivity contribution in [1.82, 2.24) is 9.97 Å². The molecule has 0 aliphatic carbocycles. The molecular formula is C10H16ClN3O3. The van der Waals surface area contributed by atoms with Crippen LogP contribution in [-0.2, 0) is 11.3 Å². The van der Waals surface area contributed by atoms with Gasteiger partial charge in [-0.25, -0.2) is 9.97 Å². The fourth-order valence-electron chi connectivity index (χ4n) is 1.16. The van der Waals surface area contributed by atoms with Gasteiger partial charge in [0.05, 0.1) is 18.8 Å². The van der Waals surface area contributed by atoms with E-state index >= 15 is 0 Å². The first-order chi connectivity index (χ1) is 8.03. The molecule has 0 unspecified atom stereocenters. The van der Waals surface area contributed by atoms with E-state index in [0.717, 1.165) is 0 Å². The number of anilines is 1. The lowest BCUT2D eigenvalue weighted by Crippen LogP contribution is -2.42. The number of hydrogen-bond acceptors (Lipinski definition) is 6. The lowest BCUT2D eigenvalue weighted by atomic mass is 10.1. The zero-order chi connectivity index (χ0) is 12.9. The Labute approximate surface area is 105 Å². The Balaban J connectivity index is 2.90. The van der Waals surface area contributed by atoms with Crippen LogP contribution >= 0.6 is 11.6 Å². The topological polar surface area (TPSA) is 87.5 Å². The van der Waals surface area contributed by atoms with Crippen LogP contribution < -0.4 is 5.32 Å². The van der Waals surface area contributed by atoms with Crippen molar-refractivity contribution < 1.29 is 14.9 Å². The van der Waals surface area contributed by atoms with Gasteiger partial charge in [-0.15, -0.1) is 0 Å². The second-order valence-corrected chi connectivity index (χ2v) is 4.31. The summed E-state index contributed by atoms with van der Waals surface area (Å²) in [6, 6.07) is 1.52. The monoisotopic (exact) mass is 261 g/mol. The summed E-state index contributed by atoms with van der Waals surface area (Å²) in [7, 11) is 1.53. The summed E-state index contributed by atoms with van der Waals surface area (Å²) >= 11 is 5.83. The van der Waals surface area contributed by atoms with Crippen LogP contribution in [0.25, 0.3) is 0 Å². The van der Waals surface area contributed by atoms with Gasteiger partial charge in [0.25, 0.3) is 0 Å². The maximum atomic E-state index is 9.16. The highest BCUT2D eigenvalue weighted by atomic mass is 35.5. The van der Waals surface area contributed by atoms with Gasteiger partial charge in [-0.3, -0.25) is 0 Å². The number of hydrogen-bond donors (Lipinski definition) is 3. The van der Waals surface area contributed by atoms with E-state index in [-0.39, 0.29) is 25.0 Å². The number of aliphatic hydroxyl groups excluding tert-OH is 2. The minimum absolute atomic E-state index is 0.231. The van der Waals surface area contributed by atoms with Gasteiger partial charge in [0, 0.05) is 13.2 Å². The Morgan fingerprint density at radius 1 is 1.41 bits per heavy atom. The zero-order valence-corrected chi connectivity index (χ0v) is 10.5. The number of aliphatic hydroxyl groups is 2. The molecule has 0 atom stereocenters. The standard InChI is InChI=1S/C10H16ClN3O3/c1-10(5-15,6-16)14-8-3-7(11)12-9(13-8)4-17-2/h3,15-16H,4-6H2,1-2H3,(H,12,13,14). The Hall–Kier alpha value is -0.950. The van der Waals surface area contributed by atoms with E-state index in [1.54, 1.807) is 6.92 Å². The summed E-state index contributed by atoms with van der Waals surface area (Å²) in [5.74, 6) is 0.864. The van der Waals surface area contributed by atoms with E-state index in [1.807, 2.05) is 0 Å². The van der Waals surface area contributed by atoms with Crippen molar-refractivity contribution in [2.45, 2.75) is 19.1 Å². The summed E-state index contributed by atoms with van der Waals surface area (Å²) in [6.45, 7) is 1.44. The van der Waals surface area contributed by atoms with Crippen LogP contribution in [0.5, 0.6) is 0 Å². The van der Waals surface area contributed by atoms with Crippen molar-refractivity contribution in [2.75, 3.05) is 25.6 Å². The van der Waals surface area contributed by atoms with Crippen molar-refractivity contribution in [3.8, 4) is 0 Å². The summed E-state index contributed by atoms with van der Waals surface area (Å²) in [6.07, 6.45) is 0. The highest BCUT2D eigenvalue weighted by Crippen LogP contribution is 2.16. The van der Waals surface area contributed by atoms with E-state index in [1.165, 1.54) is 13.2 Å². The molecule has 0 radical (unpaired) electrons. The van der Waals surface area contributed by atoms with Gasteiger partial charge < -0.3 is 20.3 Å². The smallest absolute Gasteiger partial charge is 0.158 e. The molecule has 0 fully saturated rings. The third kappa shape index (κ3) is 4.08. The van der Waals surface area contributed by atoms with Crippen LogP contribution in [0, 0.1) is 0 Å². The Morgan fingerprint density at radius 2 is 2.06 bits per heavy atom. The first kappa shape index (κ1) is 14.1. The maximum Gasteiger partial charge on any atom is 0.158 e. The van der Waals surface area contributed by atoms with Crippen LogP contribution in [0.4, 0.5) is 5.82 Å². The highest BCUT2D eigenvalue weighted by molar-refractivity contribution is 6.29. The van der Waals surface area contributed by atoms with Crippen LogP contribution in [0.2, 0.25) is 5.15 Å². The molecule has 17 heavy (non-hydrogen) atoms. The molecule has 1 aromatic rings. The number of aromatic nitrogens is 2. The quantitative estimate of drug-likeness (QED) is 0.644. The van der Waals surface area contributed by atoms with Crippen molar-refractivity contribution in [3.63, 3.8) is 0 Å². The lowest BCUT2D eigenvalue weighted by Gasteiger charge is -2.26. The fraction of sp³-hybridized carbons (Fsp3) is 0.600. The Bertz CT molecular complexity index is 372. The van der Waals surface area contributed by atoms with E-state index < -0.39 is 5.54 Å². The number of rotatable bonds is 6. The van der Waals surface area contributed by atoms with E-state index in [4.69, 9.17) is 26.6 Å². The maximum absolute atomic E-state index is 9.16. The molecule has 0 saturated heterocycles. The summed E-state index contributed by atoms with van der Waals surface area (Å²) in [5.41, 5.74) is -0.859. The average molecular weight is 262 g/mol. The summed E-state index contributed by atoms with van der Waals surface area (Å²) in [5, 5.41) is 21.5. The van der Waals surface area contributed by atoms with Crippen molar-refractivity contribution in [2.24, 2.45) is 0 Å². The molecule has 0 aliphatic heterocycles. The molecule has 7 heteroatoms. The molecule has 1 heterocycles. The third-order valence-electron chi connectivity index (χ3n) is 2.14. The van der Waals surface area contributed by atoms with E-state index in [0.29, 0.717) is 11.6 Å². The van der Waals surface area contributed by atoms with Gasteiger partial charge >= 0.3 is 0 Å². The second-order valence-electron chi connectivity index (χ2n) is 3.93. The fourth-order valence-corrected chi connectivity index (χ4v) is 1.36. The largest absolute Gasteiger partial charge is 0.394 e. The molecule has 0 bridgehead atoms. The molecular weight excluding hydrogens is 246 g/mol. The molecule has 0 spiro atoms. The van der Waals surface area contributed by atoms with Crippen molar-refractivity contribution in [3.05, 3.63) is 17.0 Å². The number of ether oxygens (including phenoxy) is 1. The Morgan fingerprint density at radius 3 is 2.59 bits per heavy atom. The first-order valence-corrected chi connectivity index (χ1v) is 5.43. The second kappa shape index (κ2) is 6.11. The molecule has 1 rings (SSSR count). The van der Waals surface area contributed by atoms with E-state index in [9.17, 15) is 0 Å². The van der Waals surface area contributed by atoms with Crippen LogP contribution in [0.1, 0.15) is 12.7 Å². The minimum atomic E-state index is -0.859. The number of nitrogens with zero attached hydrogens (tertiary/aromatic N) is 2. The number of methoxy groups -OCH3 is 1. The summed E-state index contributed by atoms with van der Waals surface area (Å²) in [4.78, 5) is 8.12. The molecule has 0 amide bonds. The van der Waals surface area contributed by atoms with Gasteiger partial charge in [0.1, 0.15) is 17.6 Å². The predicted octanol–water partition coefficient (Wildman–Crippen LogP) is 0.432. The van der Waals surface area contributed by atoms with Gasteiger partial charge in [0.15, 0.2) is 5.82 Å². The molecule has 0 aromatic carbocycles. The SMILES string of the molecule is COCc1nc(Cl)cc(NC(C)(CO)CO)n1. The summed E-state index contributed by atoms with van der Waals surface area (Å²) < 4.78 is 4.91. The lowest BCUT2D eigenvalue weighted by molar-refractivity contribution is 0.147. The zero-order valence-electron chi connectivity index (χ0n) is 9.77. The third-order valence-corrected chi connectivity index (χ3v) is 2.34. The average Bonchev–Trinajstić information content (AvgIpc) is 2.28. The Kier molecular flexibility index (Phi) is 5.07. The van der Waals surface area contributed by atoms with E-state index in [2.05, 4.69) is 15.3 Å². The van der Waals surface area contributed by atoms with Crippen LogP contribution in [-0.4, -0.2) is 46.0 Å². The molecule has 1 aromatic heterocycles. The van der Waals surface area contributed by atoms with Gasteiger partial charge in [0.2, 0.25) is 0 Å². The first-order valence-electron chi connectivity index (χ1n) is 5.05. The highest BCUT2D eigenvalue weighted by Gasteiger charge is 2.22. The number of nitrogens with one attached hydrogen (secondary N) is 1. The predicted molar refractivity (Wildman–Crippen MR) is 64.0 cm³/mol. The van der Waals surface area contributed by atoms with Crippen LogP contribution in [0.15, 0.2) is 6.07 Å².